The molecular formula is C11H10ClN7O. The van der Waals surface area contributed by atoms with Crippen LogP contribution in [0.25, 0.3) is 0 Å². The van der Waals surface area contributed by atoms with Crippen LogP contribution in [0, 0.1) is 11.3 Å². The SMILES string of the molecule is COc1nc(NN)nc(Nc2cc(Cl)ccc2C#N)n1. The van der Waals surface area contributed by atoms with Crippen molar-refractivity contribution in [3.05, 3.63) is 28.8 Å². The number of nitrogens with zero attached hydrogens (tertiary/aromatic N) is 4. The first-order valence-electron chi connectivity index (χ1n) is 5.39. The number of nitrogens with one attached hydrogen (secondary N) is 2. The van der Waals surface area contributed by atoms with E-state index in [2.05, 4.69) is 25.7 Å². The Morgan fingerprint density at radius 1 is 1.30 bits per heavy atom. The molecule has 8 nitrogen and oxygen atoms in total. The Bertz CT molecular complexity index is 648. The Hall–Kier alpha value is -2.63. The molecule has 102 valence electrons. The second-order valence-electron chi connectivity index (χ2n) is 3.54. The number of halogens is 1. The second kappa shape index (κ2) is 6.01. The Morgan fingerprint density at radius 3 is 2.70 bits per heavy atom. The van der Waals surface area contributed by atoms with Crippen molar-refractivity contribution in [2.75, 3.05) is 17.9 Å². The zero-order valence-electron chi connectivity index (χ0n) is 10.4. The third kappa shape index (κ3) is 3.03. The Kier molecular flexibility index (Phi) is 4.14. The first kappa shape index (κ1) is 13.8. The molecule has 0 fully saturated rings. The maximum absolute atomic E-state index is 9.05. The van der Waals surface area contributed by atoms with Gasteiger partial charge < -0.3 is 10.1 Å². The number of aromatic nitrogens is 3. The fourth-order valence-corrected chi connectivity index (χ4v) is 1.58. The average molecular weight is 292 g/mol. The highest BCUT2D eigenvalue weighted by Gasteiger charge is 2.09. The minimum absolute atomic E-state index is 0.0796. The highest BCUT2D eigenvalue weighted by molar-refractivity contribution is 6.30. The molecule has 0 radical (unpaired) electrons. The molecular weight excluding hydrogens is 282 g/mol. The van der Waals surface area contributed by atoms with Crippen LogP contribution in [0.15, 0.2) is 18.2 Å². The van der Waals surface area contributed by atoms with E-state index in [0.29, 0.717) is 16.3 Å². The van der Waals surface area contributed by atoms with Crippen molar-refractivity contribution < 1.29 is 4.74 Å². The van der Waals surface area contributed by atoms with Gasteiger partial charge in [-0.1, -0.05) is 11.6 Å². The number of nitrogen functional groups attached to an aromatic ring is 1. The van der Waals surface area contributed by atoms with Gasteiger partial charge in [0.25, 0.3) is 0 Å². The van der Waals surface area contributed by atoms with Gasteiger partial charge in [0.15, 0.2) is 0 Å². The Morgan fingerprint density at radius 2 is 2.05 bits per heavy atom. The lowest BCUT2D eigenvalue weighted by Crippen LogP contribution is -2.13. The zero-order valence-corrected chi connectivity index (χ0v) is 11.1. The molecule has 0 atom stereocenters. The average Bonchev–Trinajstić information content (AvgIpc) is 2.47. The summed E-state index contributed by atoms with van der Waals surface area (Å²) in [6.07, 6.45) is 0. The van der Waals surface area contributed by atoms with Crippen molar-refractivity contribution in [2.24, 2.45) is 5.84 Å². The molecule has 0 aliphatic heterocycles. The normalized spacial score (nSPS) is 9.70. The first-order valence-corrected chi connectivity index (χ1v) is 5.77. The Labute approximate surface area is 119 Å². The van der Waals surface area contributed by atoms with Crippen LogP contribution in [0.3, 0.4) is 0 Å². The molecule has 0 saturated heterocycles. The van der Waals surface area contributed by atoms with Crippen LogP contribution in [-0.2, 0) is 0 Å². The standard InChI is InChI=1S/C11H10ClN7O/c1-20-11-17-9(16-10(18-11)19-14)15-8-4-7(12)3-2-6(8)5-13/h2-4H,14H2,1H3,(H2,15,16,17,18,19). The summed E-state index contributed by atoms with van der Waals surface area (Å²) >= 11 is 5.90. The van der Waals surface area contributed by atoms with Gasteiger partial charge in [0, 0.05) is 5.02 Å². The van der Waals surface area contributed by atoms with Crippen molar-refractivity contribution in [3.63, 3.8) is 0 Å². The highest BCUT2D eigenvalue weighted by atomic mass is 35.5. The molecule has 4 N–H and O–H groups in total. The number of methoxy groups -OCH3 is 1. The fourth-order valence-electron chi connectivity index (χ4n) is 1.41. The molecule has 0 saturated carbocycles. The van der Waals surface area contributed by atoms with Gasteiger partial charge >= 0.3 is 6.01 Å². The quantitative estimate of drug-likeness (QED) is 0.571. The number of anilines is 3. The molecule has 2 rings (SSSR count). The molecule has 1 heterocycles. The van der Waals surface area contributed by atoms with Gasteiger partial charge in [0.05, 0.1) is 18.4 Å². The molecule has 20 heavy (non-hydrogen) atoms. The topological polar surface area (TPSA) is 122 Å². The third-order valence-corrected chi connectivity index (χ3v) is 2.51. The lowest BCUT2D eigenvalue weighted by molar-refractivity contribution is 0.379. The van der Waals surface area contributed by atoms with E-state index < -0.39 is 0 Å². The van der Waals surface area contributed by atoms with Crippen LogP contribution in [0.5, 0.6) is 6.01 Å². The van der Waals surface area contributed by atoms with Crippen LogP contribution in [0.1, 0.15) is 5.56 Å². The summed E-state index contributed by atoms with van der Waals surface area (Å²) in [5.74, 6) is 5.55. The second-order valence-corrected chi connectivity index (χ2v) is 3.98. The van der Waals surface area contributed by atoms with Gasteiger partial charge in [0.1, 0.15) is 6.07 Å². The number of ether oxygens (including phenoxy) is 1. The largest absolute Gasteiger partial charge is 0.467 e. The van der Waals surface area contributed by atoms with E-state index >= 15 is 0 Å². The third-order valence-electron chi connectivity index (χ3n) is 2.28. The van der Waals surface area contributed by atoms with E-state index in [1.807, 2.05) is 6.07 Å². The van der Waals surface area contributed by atoms with Crippen LogP contribution in [0.4, 0.5) is 17.6 Å². The smallest absolute Gasteiger partial charge is 0.322 e. The summed E-state index contributed by atoms with van der Waals surface area (Å²) in [6, 6.07) is 6.91. The molecule has 0 spiro atoms. The van der Waals surface area contributed by atoms with Crippen LogP contribution >= 0.6 is 11.6 Å². The van der Waals surface area contributed by atoms with Gasteiger partial charge in [-0.25, -0.2) is 5.84 Å². The molecule has 1 aromatic heterocycles. The highest BCUT2D eigenvalue weighted by Crippen LogP contribution is 2.23. The molecule has 2 aromatic rings. The van der Waals surface area contributed by atoms with Gasteiger partial charge in [-0.2, -0.15) is 20.2 Å². The maximum atomic E-state index is 9.05. The van der Waals surface area contributed by atoms with Crippen molar-refractivity contribution >= 4 is 29.2 Å². The summed E-state index contributed by atoms with van der Waals surface area (Å²) in [7, 11) is 1.42. The summed E-state index contributed by atoms with van der Waals surface area (Å²) < 4.78 is 4.93. The fraction of sp³-hybridized carbons (Fsp3) is 0.0909. The number of rotatable bonds is 4. The molecule has 1 aromatic carbocycles. The number of nitrogens with two attached hydrogens (primary N) is 1. The lowest BCUT2D eigenvalue weighted by Gasteiger charge is -2.09. The summed E-state index contributed by atoms with van der Waals surface area (Å²) in [5, 5.41) is 12.4. The minimum atomic E-state index is 0.0796. The van der Waals surface area contributed by atoms with Crippen LogP contribution in [0.2, 0.25) is 5.02 Å². The predicted octanol–water partition coefficient (Wildman–Crippen LogP) is 1.43. The van der Waals surface area contributed by atoms with E-state index in [0.717, 1.165) is 0 Å². The van der Waals surface area contributed by atoms with Crippen molar-refractivity contribution in [2.45, 2.75) is 0 Å². The lowest BCUT2D eigenvalue weighted by atomic mass is 10.2. The Balaban J connectivity index is 2.39. The van der Waals surface area contributed by atoms with Crippen molar-refractivity contribution in [1.29, 1.82) is 5.26 Å². The molecule has 0 amide bonds. The monoisotopic (exact) mass is 291 g/mol. The zero-order chi connectivity index (χ0) is 14.5. The van der Waals surface area contributed by atoms with Gasteiger partial charge in [0.2, 0.25) is 11.9 Å². The number of benzene rings is 1. The molecule has 0 unspecified atom stereocenters. The van der Waals surface area contributed by atoms with E-state index in [9.17, 15) is 0 Å². The first-order chi connectivity index (χ1) is 9.66. The summed E-state index contributed by atoms with van der Waals surface area (Å²) in [4.78, 5) is 11.9. The van der Waals surface area contributed by atoms with E-state index in [4.69, 9.17) is 27.4 Å². The number of hydrogen-bond donors (Lipinski definition) is 3. The van der Waals surface area contributed by atoms with Crippen molar-refractivity contribution in [3.8, 4) is 12.1 Å². The summed E-state index contributed by atoms with van der Waals surface area (Å²) in [6.45, 7) is 0. The van der Waals surface area contributed by atoms with Crippen molar-refractivity contribution in [1.82, 2.24) is 15.0 Å². The number of hydrazine groups is 1. The van der Waals surface area contributed by atoms with Gasteiger partial charge in [-0.3, -0.25) is 5.43 Å². The number of nitriles is 1. The van der Waals surface area contributed by atoms with Crippen LogP contribution in [-0.4, -0.2) is 22.1 Å². The predicted molar refractivity (Wildman–Crippen MR) is 73.6 cm³/mol. The minimum Gasteiger partial charge on any atom is -0.467 e. The van der Waals surface area contributed by atoms with E-state index in [-0.39, 0.29) is 17.9 Å². The number of hydrogen-bond acceptors (Lipinski definition) is 8. The van der Waals surface area contributed by atoms with Crippen LogP contribution < -0.4 is 21.3 Å². The molecule has 0 aliphatic rings. The summed E-state index contributed by atoms with van der Waals surface area (Å²) in [5.41, 5.74) is 3.16. The maximum Gasteiger partial charge on any atom is 0.322 e. The van der Waals surface area contributed by atoms with E-state index in [1.54, 1.807) is 18.2 Å². The molecule has 0 aliphatic carbocycles. The molecule has 0 bridgehead atoms. The van der Waals surface area contributed by atoms with Gasteiger partial charge in [-0.15, -0.1) is 0 Å². The molecule has 9 heteroatoms. The van der Waals surface area contributed by atoms with Gasteiger partial charge in [-0.05, 0) is 18.2 Å². The van der Waals surface area contributed by atoms with E-state index in [1.165, 1.54) is 7.11 Å².